The molecule has 0 amide bonds. The largest absolute Gasteiger partial charge is 0.303 e. The maximum atomic E-state index is 5.40. The number of alkyl halides is 1. The zero-order valence-electron chi connectivity index (χ0n) is 6.15. The van der Waals surface area contributed by atoms with Crippen LogP contribution in [0.1, 0.15) is 6.92 Å². The van der Waals surface area contributed by atoms with Crippen LogP contribution in [0, 0.1) is 11.8 Å². The molecule has 0 bridgehead atoms. The lowest BCUT2D eigenvalue weighted by molar-refractivity contribution is 0.856. The fourth-order valence-corrected chi connectivity index (χ4v) is 0.579. The lowest BCUT2D eigenvalue weighted by atomic mass is 10.5. The van der Waals surface area contributed by atoms with Gasteiger partial charge in [0.2, 0.25) is 0 Å². The van der Waals surface area contributed by atoms with Crippen LogP contribution in [0.4, 0.5) is 0 Å². The number of nitrogens with one attached hydrogen (secondary N) is 1. The molecule has 0 fully saturated rings. The van der Waals surface area contributed by atoms with Crippen molar-refractivity contribution in [1.29, 1.82) is 0 Å². The van der Waals surface area contributed by atoms with Crippen molar-refractivity contribution in [1.82, 2.24) is 5.32 Å². The first-order chi connectivity index (χ1) is 4.91. The van der Waals surface area contributed by atoms with E-state index < -0.39 is 0 Å². The molecule has 0 radical (unpaired) electrons. The summed E-state index contributed by atoms with van der Waals surface area (Å²) < 4.78 is 0. The second-order valence-corrected chi connectivity index (χ2v) is 1.99. The van der Waals surface area contributed by atoms with Crippen LogP contribution in [-0.4, -0.2) is 19.0 Å². The standard InChI is InChI=1S/C8H12ClN/c1-2-3-7-10-8-5-4-6-9/h4-5,10H,6-8H2,1H3/b5-4+. The Bertz CT molecular complexity index is 141. The summed E-state index contributed by atoms with van der Waals surface area (Å²) in [6, 6.07) is 0. The van der Waals surface area contributed by atoms with Crippen LogP contribution in [0.2, 0.25) is 0 Å². The van der Waals surface area contributed by atoms with Crippen LogP contribution in [0.5, 0.6) is 0 Å². The number of rotatable bonds is 4. The van der Waals surface area contributed by atoms with Crippen molar-refractivity contribution >= 4 is 11.6 Å². The van der Waals surface area contributed by atoms with Gasteiger partial charge in [0.25, 0.3) is 0 Å². The van der Waals surface area contributed by atoms with Crippen molar-refractivity contribution in [2.45, 2.75) is 6.92 Å². The molecule has 0 atom stereocenters. The minimum Gasteiger partial charge on any atom is -0.303 e. The van der Waals surface area contributed by atoms with E-state index in [2.05, 4.69) is 17.2 Å². The molecule has 0 aliphatic carbocycles. The maximum Gasteiger partial charge on any atom is 0.0578 e. The molecule has 2 heteroatoms. The SMILES string of the molecule is CC#CCNC/C=C/CCl. The van der Waals surface area contributed by atoms with Gasteiger partial charge < -0.3 is 5.32 Å². The van der Waals surface area contributed by atoms with Crippen LogP contribution in [0.3, 0.4) is 0 Å². The molecule has 0 saturated heterocycles. The Morgan fingerprint density at radius 2 is 2.30 bits per heavy atom. The van der Waals surface area contributed by atoms with Crippen molar-refractivity contribution < 1.29 is 0 Å². The average molecular weight is 158 g/mol. The van der Waals surface area contributed by atoms with E-state index in [1.807, 2.05) is 19.1 Å². The molecule has 0 spiro atoms. The topological polar surface area (TPSA) is 12.0 Å². The van der Waals surface area contributed by atoms with E-state index in [0.717, 1.165) is 13.1 Å². The quantitative estimate of drug-likeness (QED) is 0.282. The number of allylic oxidation sites excluding steroid dienone is 1. The lowest BCUT2D eigenvalue weighted by Crippen LogP contribution is -2.13. The Kier molecular flexibility index (Phi) is 8.17. The Balaban J connectivity index is 3.02. The van der Waals surface area contributed by atoms with Gasteiger partial charge in [-0.25, -0.2) is 0 Å². The Morgan fingerprint density at radius 1 is 1.50 bits per heavy atom. The Labute approximate surface area is 67.5 Å². The molecule has 10 heavy (non-hydrogen) atoms. The average Bonchev–Trinajstić information content (AvgIpc) is 1.97. The summed E-state index contributed by atoms with van der Waals surface area (Å²) in [5, 5.41) is 3.10. The minimum atomic E-state index is 0.584. The molecule has 0 aliphatic rings. The predicted molar refractivity (Wildman–Crippen MR) is 46.2 cm³/mol. The number of hydrogen-bond acceptors (Lipinski definition) is 1. The smallest absolute Gasteiger partial charge is 0.0578 e. The normalized spacial score (nSPS) is 9.40. The molecule has 56 valence electrons. The highest BCUT2D eigenvalue weighted by molar-refractivity contribution is 6.18. The van der Waals surface area contributed by atoms with Crippen molar-refractivity contribution in [2.75, 3.05) is 19.0 Å². The molecular formula is C8H12ClN. The third-order valence-electron chi connectivity index (χ3n) is 0.908. The molecule has 0 aliphatic heterocycles. The van der Waals surface area contributed by atoms with Crippen molar-refractivity contribution in [2.24, 2.45) is 0 Å². The molecule has 0 rings (SSSR count). The maximum absolute atomic E-state index is 5.40. The summed E-state index contributed by atoms with van der Waals surface area (Å²) >= 11 is 5.40. The molecule has 1 nitrogen and oxygen atoms in total. The van der Waals surface area contributed by atoms with Gasteiger partial charge in [0.15, 0.2) is 0 Å². The summed E-state index contributed by atoms with van der Waals surface area (Å²) in [5.74, 6) is 6.28. The van der Waals surface area contributed by atoms with Crippen LogP contribution >= 0.6 is 11.6 Å². The van der Waals surface area contributed by atoms with E-state index in [9.17, 15) is 0 Å². The van der Waals surface area contributed by atoms with E-state index in [1.54, 1.807) is 0 Å². The van der Waals surface area contributed by atoms with Gasteiger partial charge in [-0.3, -0.25) is 0 Å². The minimum absolute atomic E-state index is 0.584. The molecule has 0 aromatic heterocycles. The molecule has 0 unspecified atom stereocenters. The van der Waals surface area contributed by atoms with Gasteiger partial charge >= 0.3 is 0 Å². The zero-order chi connectivity index (χ0) is 7.66. The predicted octanol–water partition coefficient (Wildman–Crippen LogP) is 1.39. The lowest BCUT2D eigenvalue weighted by Gasteiger charge is -1.90. The van der Waals surface area contributed by atoms with Gasteiger partial charge in [0.1, 0.15) is 0 Å². The van der Waals surface area contributed by atoms with Crippen molar-refractivity contribution in [3.8, 4) is 11.8 Å². The third kappa shape index (κ3) is 7.55. The second kappa shape index (κ2) is 8.55. The monoisotopic (exact) mass is 157 g/mol. The molecule has 1 N–H and O–H groups in total. The van der Waals surface area contributed by atoms with Gasteiger partial charge in [-0.05, 0) is 6.92 Å². The summed E-state index contributed by atoms with van der Waals surface area (Å²) in [5.41, 5.74) is 0. The number of hydrogen-bond donors (Lipinski definition) is 1. The molecular weight excluding hydrogens is 146 g/mol. The Hall–Kier alpha value is -0.450. The van der Waals surface area contributed by atoms with Crippen LogP contribution < -0.4 is 5.32 Å². The van der Waals surface area contributed by atoms with Crippen LogP contribution in [-0.2, 0) is 0 Å². The van der Waals surface area contributed by atoms with Crippen LogP contribution in [0.25, 0.3) is 0 Å². The van der Waals surface area contributed by atoms with E-state index >= 15 is 0 Å². The summed E-state index contributed by atoms with van der Waals surface area (Å²) in [6.45, 7) is 3.43. The van der Waals surface area contributed by atoms with E-state index in [-0.39, 0.29) is 0 Å². The Morgan fingerprint density at radius 3 is 2.90 bits per heavy atom. The first kappa shape index (κ1) is 9.55. The number of halogens is 1. The summed E-state index contributed by atoms with van der Waals surface area (Å²) in [4.78, 5) is 0. The first-order valence-electron chi connectivity index (χ1n) is 3.23. The molecule has 0 aromatic carbocycles. The summed E-state index contributed by atoms with van der Waals surface area (Å²) in [7, 11) is 0. The van der Waals surface area contributed by atoms with Crippen molar-refractivity contribution in [3.63, 3.8) is 0 Å². The van der Waals surface area contributed by atoms with Gasteiger partial charge in [0, 0.05) is 12.4 Å². The third-order valence-corrected chi connectivity index (χ3v) is 1.09. The fraction of sp³-hybridized carbons (Fsp3) is 0.500. The van der Waals surface area contributed by atoms with Gasteiger partial charge in [-0.15, -0.1) is 17.5 Å². The van der Waals surface area contributed by atoms with Crippen molar-refractivity contribution in [3.05, 3.63) is 12.2 Å². The zero-order valence-corrected chi connectivity index (χ0v) is 6.91. The van der Waals surface area contributed by atoms with E-state index in [4.69, 9.17) is 11.6 Å². The molecule has 0 heterocycles. The van der Waals surface area contributed by atoms with Gasteiger partial charge in [-0.1, -0.05) is 18.1 Å². The highest BCUT2D eigenvalue weighted by Crippen LogP contribution is 1.75. The van der Waals surface area contributed by atoms with Gasteiger partial charge in [0.05, 0.1) is 6.54 Å². The summed E-state index contributed by atoms with van der Waals surface area (Å²) in [6.07, 6.45) is 3.90. The van der Waals surface area contributed by atoms with Crippen LogP contribution in [0.15, 0.2) is 12.2 Å². The molecule has 0 aromatic rings. The first-order valence-corrected chi connectivity index (χ1v) is 3.76. The van der Waals surface area contributed by atoms with E-state index in [0.29, 0.717) is 5.88 Å². The highest BCUT2D eigenvalue weighted by atomic mass is 35.5. The second-order valence-electron chi connectivity index (χ2n) is 1.68. The highest BCUT2D eigenvalue weighted by Gasteiger charge is 1.74. The fourth-order valence-electron chi connectivity index (χ4n) is 0.453. The van der Waals surface area contributed by atoms with Gasteiger partial charge in [-0.2, -0.15) is 0 Å². The molecule has 0 saturated carbocycles. The van der Waals surface area contributed by atoms with E-state index in [1.165, 1.54) is 0 Å².